The lowest BCUT2D eigenvalue weighted by molar-refractivity contribution is 0.332. The van der Waals surface area contributed by atoms with Crippen LogP contribution in [-0.4, -0.2) is 6.71 Å². The molecule has 0 saturated carbocycles. The molecule has 0 atom stereocenters. The first-order valence-corrected chi connectivity index (χ1v) is 29.7. The lowest BCUT2D eigenvalue weighted by atomic mass is 9.33. The maximum atomic E-state index is 2.72. The maximum Gasteiger partial charge on any atom is 0.252 e. The topological polar surface area (TPSA) is 6.48 Å². The van der Waals surface area contributed by atoms with Crippen molar-refractivity contribution >= 4 is 57.2 Å². The van der Waals surface area contributed by atoms with Crippen molar-refractivity contribution in [1.29, 1.82) is 0 Å². The third kappa shape index (κ3) is 8.18. The van der Waals surface area contributed by atoms with E-state index in [0.717, 1.165) is 19.3 Å². The molecular weight excluding hydrogens is 964 g/mol. The number of rotatable bonds is 8. The van der Waals surface area contributed by atoms with E-state index in [1.54, 1.807) is 0 Å². The Labute approximate surface area is 479 Å². The second-order valence-corrected chi connectivity index (χ2v) is 27.9. The molecule has 2 aliphatic carbocycles. The van der Waals surface area contributed by atoms with Gasteiger partial charge in [0.15, 0.2) is 0 Å². The lowest BCUT2D eigenvalue weighted by Gasteiger charge is -2.48. The van der Waals surface area contributed by atoms with Gasteiger partial charge in [-0.1, -0.05) is 229 Å². The third-order valence-electron chi connectivity index (χ3n) is 20.2. The first kappa shape index (κ1) is 52.0. The van der Waals surface area contributed by atoms with Gasteiger partial charge >= 0.3 is 0 Å². The van der Waals surface area contributed by atoms with Crippen molar-refractivity contribution in [2.24, 2.45) is 0 Å². The van der Waals surface area contributed by atoms with Crippen LogP contribution in [0.3, 0.4) is 0 Å². The molecule has 0 N–H and O–H groups in total. The molecule has 4 aliphatic rings. The predicted molar refractivity (Wildman–Crippen MR) is 344 cm³/mol. The van der Waals surface area contributed by atoms with Crippen LogP contribution in [0.15, 0.2) is 194 Å². The second-order valence-electron chi connectivity index (χ2n) is 27.9. The molecule has 3 heteroatoms. The Bertz CT molecular complexity index is 3900. The van der Waals surface area contributed by atoms with Gasteiger partial charge in [0.2, 0.25) is 0 Å². The summed E-state index contributed by atoms with van der Waals surface area (Å²) in [5, 5.41) is 0. The Morgan fingerprint density at radius 2 is 0.838 bits per heavy atom. The Hall–Kier alpha value is -7.36. The molecule has 0 bridgehead atoms. The Kier molecular flexibility index (Phi) is 11.9. The van der Waals surface area contributed by atoms with Crippen molar-refractivity contribution in [2.75, 3.05) is 9.80 Å². The van der Waals surface area contributed by atoms with Crippen LogP contribution < -0.4 is 26.2 Å². The van der Waals surface area contributed by atoms with Crippen LogP contribution in [-0.2, 0) is 32.5 Å². The molecule has 80 heavy (non-hydrogen) atoms. The van der Waals surface area contributed by atoms with Crippen LogP contribution in [0.1, 0.15) is 159 Å². The number of nitrogens with zero attached hydrogens (tertiary/aromatic N) is 2. The Morgan fingerprint density at radius 3 is 1.41 bits per heavy atom. The average Bonchev–Trinajstić information content (AvgIpc) is 3.43. The highest BCUT2D eigenvalue weighted by Crippen LogP contribution is 2.55. The zero-order valence-electron chi connectivity index (χ0n) is 49.8. The fourth-order valence-electron chi connectivity index (χ4n) is 14.9. The van der Waals surface area contributed by atoms with Gasteiger partial charge in [-0.2, -0.15) is 0 Å². The number of hydrogen-bond donors (Lipinski definition) is 0. The van der Waals surface area contributed by atoms with Crippen LogP contribution in [0.2, 0.25) is 0 Å². The van der Waals surface area contributed by atoms with E-state index in [1.165, 1.54) is 129 Å². The van der Waals surface area contributed by atoms with E-state index < -0.39 is 0 Å². The molecule has 0 spiro atoms. The highest BCUT2D eigenvalue weighted by Gasteiger charge is 2.48. The van der Waals surface area contributed by atoms with E-state index in [4.69, 9.17) is 0 Å². The van der Waals surface area contributed by atoms with Crippen LogP contribution >= 0.6 is 0 Å². The zero-order valence-corrected chi connectivity index (χ0v) is 49.8. The number of anilines is 6. The molecule has 2 aliphatic heterocycles. The van der Waals surface area contributed by atoms with Gasteiger partial charge in [0.25, 0.3) is 6.71 Å². The normalized spacial score (nSPS) is 17.2. The van der Waals surface area contributed by atoms with Crippen molar-refractivity contribution in [3.05, 3.63) is 244 Å². The van der Waals surface area contributed by atoms with Crippen LogP contribution in [0, 0.1) is 6.92 Å². The molecule has 9 aromatic rings. The lowest BCUT2D eigenvalue weighted by Crippen LogP contribution is -2.62. The van der Waals surface area contributed by atoms with Gasteiger partial charge in [-0.25, -0.2) is 0 Å². The minimum atomic E-state index is -0.329. The molecule has 400 valence electrons. The van der Waals surface area contributed by atoms with E-state index in [0.29, 0.717) is 0 Å². The van der Waals surface area contributed by atoms with Gasteiger partial charge < -0.3 is 9.80 Å². The van der Waals surface area contributed by atoms with E-state index in [9.17, 15) is 0 Å². The Morgan fingerprint density at radius 1 is 0.362 bits per heavy atom. The number of fused-ring (bicyclic) bond motifs is 6. The summed E-state index contributed by atoms with van der Waals surface area (Å²) in [4.78, 5) is 5.41. The van der Waals surface area contributed by atoms with E-state index >= 15 is 0 Å². The summed E-state index contributed by atoms with van der Waals surface area (Å²) in [6.45, 7) is 31.8. The molecular formula is C77H79BN2. The summed E-state index contributed by atoms with van der Waals surface area (Å²) in [7, 11) is 0. The molecule has 9 aromatic carbocycles. The summed E-state index contributed by atoms with van der Waals surface area (Å²) in [6.07, 6.45) is 4.65. The number of benzene rings is 9. The van der Waals surface area contributed by atoms with Gasteiger partial charge in [0.05, 0.1) is 5.69 Å². The second kappa shape index (κ2) is 18.3. The summed E-state index contributed by atoms with van der Waals surface area (Å²) < 4.78 is 0. The quantitative estimate of drug-likeness (QED) is 0.140. The molecule has 0 aromatic heterocycles. The highest BCUT2D eigenvalue weighted by molar-refractivity contribution is 7.00. The van der Waals surface area contributed by atoms with Crippen molar-refractivity contribution in [3.63, 3.8) is 0 Å². The number of hydrogen-bond acceptors (Lipinski definition) is 2. The smallest absolute Gasteiger partial charge is 0.252 e. The molecule has 0 saturated heterocycles. The Balaban J connectivity index is 1.17. The minimum absolute atomic E-state index is 0.0108. The first-order chi connectivity index (χ1) is 38.1. The predicted octanol–water partition coefficient (Wildman–Crippen LogP) is 18.8. The van der Waals surface area contributed by atoms with Gasteiger partial charge in [0.1, 0.15) is 0 Å². The molecule has 2 heterocycles. The number of aryl methyl sites for hydroxylation is 1. The largest absolute Gasteiger partial charge is 0.311 e. The van der Waals surface area contributed by atoms with Gasteiger partial charge in [0, 0.05) is 44.8 Å². The van der Waals surface area contributed by atoms with Crippen molar-refractivity contribution in [1.82, 2.24) is 0 Å². The van der Waals surface area contributed by atoms with E-state index in [1.807, 2.05) is 0 Å². The fourth-order valence-corrected chi connectivity index (χ4v) is 14.9. The third-order valence-corrected chi connectivity index (χ3v) is 20.2. The van der Waals surface area contributed by atoms with Gasteiger partial charge in [-0.3, -0.25) is 0 Å². The summed E-state index contributed by atoms with van der Waals surface area (Å²) in [5.74, 6) is 0. The van der Waals surface area contributed by atoms with Crippen LogP contribution in [0.4, 0.5) is 34.1 Å². The highest BCUT2D eigenvalue weighted by atomic mass is 15.2. The summed E-state index contributed by atoms with van der Waals surface area (Å²) in [5.41, 5.74) is 28.4. The molecule has 0 radical (unpaired) electrons. The molecule has 0 fully saturated rings. The monoisotopic (exact) mass is 1040 g/mol. The van der Waals surface area contributed by atoms with Crippen molar-refractivity contribution < 1.29 is 0 Å². The van der Waals surface area contributed by atoms with Crippen LogP contribution in [0.5, 0.6) is 0 Å². The molecule has 13 rings (SSSR count). The standard InChI is InChI=1S/C77H79BN2/c1-50-42-69-71-70(43-50)80(67-47-57(51-26-18-14-19-27-51)60(46-58(67)52-28-20-15-21-29-52)77(12,13)54-32-24-17-25-33-54)66-37-34-55(76(10,11)53-30-22-16-23-31-53)44-64(66)78(71)65-48-62-63(75(8,9)41-40-74(62,6)7)49-68(65)79(69)56-35-36-59-61(45-56)73(4,5)39-38-72(59,2)3/h14-37,42-49H,38-41H2,1-13H3. The van der Waals surface area contributed by atoms with Gasteiger partial charge in [-0.15, -0.1) is 0 Å². The van der Waals surface area contributed by atoms with E-state index in [-0.39, 0.29) is 39.2 Å². The van der Waals surface area contributed by atoms with Crippen LogP contribution in [0.25, 0.3) is 22.3 Å². The summed E-state index contributed by atoms with van der Waals surface area (Å²) in [6, 6.07) is 75.2. The SMILES string of the molecule is Cc1cc2c3c(c1)N(c1cc(-c4ccccc4)c(C(C)(C)c4ccccc4)cc1-c1ccccc1)c1ccc(C(C)(C)c4ccccc4)cc1B3c1cc3c(cc1N2c1ccc2c(c1)C(C)(C)CCC2(C)C)C(C)(C)CCC3(C)C. The zero-order chi connectivity index (χ0) is 55.9. The van der Waals surface area contributed by atoms with Crippen molar-refractivity contribution in [2.45, 2.75) is 148 Å². The maximum absolute atomic E-state index is 2.72. The summed E-state index contributed by atoms with van der Waals surface area (Å²) >= 11 is 0. The van der Waals surface area contributed by atoms with Gasteiger partial charge in [-0.05, 0) is 186 Å². The van der Waals surface area contributed by atoms with E-state index in [2.05, 4.69) is 294 Å². The minimum Gasteiger partial charge on any atom is -0.311 e. The molecule has 2 nitrogen and oxygen atoms in total. The fraction of sp³-hybridized carbons (Fsp3) is 0.299. The van der Waals surface area contributed by atoms with Crippen molar-refractivity contribution in [3.8, 4) is 22.3 Å². The molecule has 0 unspecified atom stereocenters. The first-order valence-electron chi connectivity index (χ1n) is 29.7. The average molecular weight is 1040 g/mol. The molecule has 0 amide bonds.